The van der Waals surface area contributed by atoms with Crippen LogP contribution in [0.5, 0.6) is 0 Å². The van der Waals surface area contributed by atoms with Crippen LogP contribution in [0, 0.1) is 5.92 Å². The normalized spacial score (nSPS) is 15.4. The fourth-order valence-electron chi connectivity index (χ4n) is 3.33. The SMILES string of the molecule is O=C(NCCc1ccccc1)C(=O)NCC1CCN(Cc2cccs2)CC1. The Kier molecular flexibility index (Phi) is 7.42. The molecule has 1 aromatic carbocycles. The van der Waals surface area contributed by atoms with Gasteiger partial charge < -0.3 is 10.6 Å². The minimum atomic E-state index is -0.541. The third-order valence-electron chi connectivity index (χ3n) is 4.97. The van der Waals surface area contributed by atoms with Crippen LogP contribution < -0.4 is 10.6 Å². The molecule has 2 N–H and O–H groups in total. The molecule has 1 saturated heterocycles. The number of carbonyl (C=O) groups excluding carboxylic acids is 2. The Labute approximate surface area is 164 Å². The van der Waals surface area contributed by atoms with E-state index in [4.69, 9.17) is 0 Å². The summed E-state index contributed by atoms with van der Waals surface area (Å²) < 4.78 is 0. The second-order valence-electron chi connectivity index (χ2n) is 7.00. The molecule has 1 aliphatic heterocycles. The summed E-state index contributed by atoms with van der Waals surface area (Å²) >= 11 is 1.80. The summed E-state index contributed by atoms with van der Waals surface area (Å²) in [7, 11) is 0. The van der Waals surface area contributed by atoms with Crippen LogP contribution in [0.1, 0.15) is 23.3 Å². The molecule has 0 unspecified atom stereocenters. The highest BCUT2D eigenvalue weighted by Crippen LogP contribution is 2.20. The molecule has 6 heteroatoms. The van der Waals surface area contributed by atoms with Crippen LogP contribution in [0.25, 0.3) is 0 Å². The predicted molar refractivity (Wildman–Crippen MR) is 108 cm³/mol. The molecule has 1 aromatic heterocycles. The zero-order valence-electron chi connectivity index (χ0n) is 15.5. The third kappa shape index (κ3) is 6.48. The molecule has 5 nitrogen and oxygen atoms in total. The van der Waals surface area contributed by atoms with Gasteiger partial charge >= 0.3 is 11.8 Å². The Morgan fingerprint density at radius 1 is 1.00 bits per heavy atom. The first-order valence-corrected chi connectivity index (χ1v) is 10.4. The maximum absolute atomic E-state index is 12.0. The number of likely N-dealkylation sites (tertiary alicyclic amines) is 1. The molecule has 0 bridgehead atoms. The summed E-state index contributed by atoms with van der Waals surface area (Å²) in [5, 5.41) is 7.60. The van der Waals surface area contributed by atoms with Crippen molar-refractivity contribution in [2.75, 3.05) is 26.2 Å². The van der Waals surface area contributed by atoms with Gasteiger partial charge in [-0.15, -0.1) is 11.3 Å². The van der Waals surface area contributed by atoms with Gasteiger partial charge in [0, 0.05) is 24.5 Å². The molecule has 1 fully saturated rings. The lowest BCUT2D eigenvalue weighted by Crippen LogP contribution is -2.44. The van der Waals surface area contributed by atoms with Crippen molar-refractivity contribution in [2.24, 2.45) is 5.92 Å². The average molecular weight is 386 g/mol. The summed E-state index contributed by atoms with van der Waals surface area (Å²) in [5.74, 6) is -0.615. The average Bonchev–Trinajstić information content (AvgIpc) is 3.21. The lowest BCUT2D eigenvalue weighted by Gasteiger charge is -2.31. The number of rotatable bonds is 7. The minimum absolute atomic E-state index is 0.450. The minimum Gasteiger partial charge on any atom is -0.348 e. The van der Waals surface area contributed by atoms with Crippen molar-refractivity contribution in [3.05, 3.63) is 58.3 Å². The number of thiophene rings is 1. The second kappa shape index (κ2) is 10.2. The Morgan fingerprint density at radius 3 is 2.44 bits per heavy atom. The van der Waals surface area contributed by atoms with Crippen molar-refractivity contribution < 1.29 is 9.59 Å². The maximum atomic E-state index is 12.0. The fraction of sp³-hybridized carbons (Fsp3) is 0.429. The molecule has 0 radical (unpaired) electrons. The van der Waals surface area contributed by atoms with E-state index in [2.05, 4.69) is 33.0 Å². The second-order valence-corrected chi connectivity index (χ2v) is 8.03. The number of hydrogen-bond acceptors (Lipinski definition) is 4. The van der Waals surface area contributed by atoms with Gasteiger partial charge in [0.2, 0.25) is 0 Å². The van der Waals surface area contributed by atoms with E-state index in [1.165, 1.54) is 4.88 Å². The quantitative estimate of drug-likeness (QED) is 0.720. The van der Waals surface area contributed by atoms with Gasteiger partial charge in [-0.1, -0.05) is 36.4 Å². The van der Waals surface area contributed by atoms with Crippen molar-refractivity contribution in [1.29, 1.82) is 0 Å². The molecular weight excluding hydrogens is 358 g/mol. The van der Waals surface area contributed by atoms with E-state index in [1.54, 1.807) is 11.3 Å². The van der Waals surface area contributed by atoms with Crippen molar-refractivity contribution in [3.8, 4) is 0 Å². The highest BCUT2D eigenvalue weighted by Gasteiger charge is 2.21. The zero-order valence-corrected chi connectivity index (χ0v) is 16.3. The van der Waals surface area contributed by atoms with E-state index in [-0.39, 0.29) is 0 Å². The van der Waals surface area contributed by atoms with E-state index in [0.29, 0.717) is 19.0 Å². The molecule has 2 heterocycles. The molecule has 0 saturated carbocycles. The van der Waals surface area contributed by atoms with Gasteiger partial charge in [0.15, 0.2) is 0 Å². The number of piperidine rings is 1. The largest absolute Gasteiger partial charge is 0.348 e. The zero-order chi connectivity index (χ0) is 18.9. The number of amides is 2. The van der Waals surface area contributed by atoms with Gasteiger partial charge in [-0.2, -0.15) is 0 Å². The summed E-state index contributed by atoms with van der Waals surface area (Å²) in [6.07, 6.45) is 2.84. The van der Waals surface area contributed by atoms with Crippen LogP contribution in [0.2, 0.25) is 0 Å². The third-order valence-corrected chi connectivity index (χ3v) is 5.83. The van der Waals surface area contributed by atoms with Crippen molar-refractivity contribution in [2.45, 2.75) is 25.8 Å². The number of carbonyl (C=O) groups is 2. The molecule has 2 aromatic rings. The summed E-state index contributed by atoms with van der Waals surface area (Å²) in [6, 6.07) is 14.2. The molecule has 0 atom stereocenters. The van der Waals surface area contributed by atoms with E-state index in [1.807, 2.05) is 30.3 Å². The van der Waals surface area contributed by atoms with Crippen LogP contribution >= 0.6 is 11.3 Å². The van der Waals surface area contributed by atoms with Gasteiger partial charge in [0.1, 0.15) is 0 Å². The standard InChI is InChI=1S/C21H27N3O2S/c25-20(22-11-8-17-5-2-1-3-6-17)21(26)23-15-18-9-12-24(13-10-18)16-19-7-4-14-27-19/h1-7,14,18H,8-13,15-16H2,(H,22,25)(H,23,26). The van der Waals surface area contributed by atoms with Gasteiger partial charge in [-0.25, -0.2) is 0 Å². The van der Waals surface area contributed by atoms with E-state index < -0.39 is 11.8 Å². The molecule has 144 valence electrons. The van der Waals surface area contributed by atoms with Crippen molar-refractivity contribution in [1.82, 2.24) is 15.5 Å². The smallest absolute Gasteiger partial charge is 0.309 e. The van der Waals surface area contributed by atoms with Gasteiger partial charge in [0.05, 0.1) is 0 Å². The molecule has 0 aliphatic carbocycles. The van der Waals surface area contributed by atoms with Crippen LogP contribution in [-0.4, -0.2) is 42.9 Å². The van der Waals surface area contributed by atoms with Gasteiger partial charge in [-0.3, -0.25) is 14.5 Å². The molecular formula is C21H27N3O2S. The molecule has 1 aliphatic rings. The van der Waals surface area contributed by atoms with Crippen LogP contribution in [0.15, 0.2) is 47.8 Å². The highest BCUT2D eigenvalue weighted by atomic mass is 32.1. The predicted octanol–water partition coefficient (Wildman–Crippen LogP) is 2.44. The number of nitrogens with one attached hydrogen (secondary N) is 2. The van der Waals surface area contributed by atoms with Crippen LogP contribution in [0.4, 0.5) is 0 Å². The molecule has 27 heavy (non-hydrogen) atoms. The lowest BCUT2D eigenvalue weighted by atomic mass is 9.97. The van der Waals surface area contributed by atoms with Crippen LogP contribution in [-0.2, 0) is 22.6 Å². The number of hydrogen-bond donors (Lipinski definition) is 2. The summed E-state index contributed by atoms with van der Waals surface area (Å²) in [6.45, 7) is 4.15. The Balaban J connectivity index is 1.29. The summed E-state index contributed by atoms with van der Waals surface area (Å²) in [4.78, 5) is 27.7. The number of nitrogens with zero attached hydrogens (tertiary/aromatic N) is 1. The van der Waals surface area contributed by atoms with Crippen LogP contribution in [0.3, 0.4) is 0 Å². The number of benzene rings is 1. The van der Waals surface area contributed by atoms with Crippen molar-refractivity contribution >= 4 is 23.2 Å². The first-order valence-electron chi connectivity index (χ1n) is 9.55. The molecule has 2 amide bonds. The Bertz CT molecular complexity index is 710. The summed E-state index contributed by atoms with van der Waals surface area (Å²) in [5.41, 5.74) is 1.15. The first kappa shape index (κ1) is 19.6. The molecule has 0 spiro atoms. The Morgan fingerprint density at radius 2 is 1.74 bits per heavy atom. The first-order chi connectivity index (χ1) is 13.2. The topological polar surface area (TPSA) is 61.4 Å². The monoisotopic (exact) mass is 385 g/mol. The lowest BCUT2D eigenvalue weighted by molar-refractivity contribution is -0.139. The highest BCUT2D eigenvalue weighted by molar-refractivity contribution is 7.09. The van der Waals surface area contributed by atoms with Gasteiger partial charge in [-0.05, 0) is 55.3 Å². The molecule has 3 rings (SSSR count). The van der Waals surface area contributed by atoms with Gasteiger partial charge in [0.25, 0.3) is 0 Å². The van der Waals surface area contributed by atoms with E-state index in [0.717, 1.165) is 44.5 Å². The van der Waals surface area contributed by atoms with Crippen molar-refractivity contribution in [3.63, 3.8) is 0 Å². The maximum Gasteiger partial charge on any atom is 0.309 e. The fourth-order valence-corrected chi connectivity index (χ4v) is 4.08. The Hall–Kier alpha value is -2.18. The van der Waals surface area contributed by atoms with E-state index in [9.17, 15) is 9.59 Å². The van der Waals surface area contributed by atoms with E-state index >= 15 is 0 Å².